The summed E-state index contributed by atoms with van der Waals surface area (Å²) in [4.78, 5) is 32.1. The largest absolute Gasteiger partial charge is 0.397 e. The highest BCUT2D eigenvalue weighted by molar-refractivity contribution is 7.80. The SMILES string of the molecule is CCCCCCCCCCCCCCCCCC(=O)NC1=NC(C)CN1C(C)NC(=O)CCCCCCCCCCCCCCCCC.COS(=O)(=O)O. The lowest BCUT2D eigenvalue weighted by Gasteiger charge is -2.28. The molecule has 0 bridgehead atoms. The maximum Gasteiger partial charge on any atom is 0.397 e. The van der Waals surface area contributed by atoms with Gasteiger partial charge in [-0.15, -0.1) is 0 Å². The van der Waals surface area contributed by atoms with Crippen LogP contribution in [0.3, 0.4) is 0 Å². The number of aliphatic imine (C=N–C) groups is 1. The van der Waals surface area contributed by atoms with Gasteiger partial charge < -0.3 is 10.2 Å². The molecule has 0 saturated heterocycles. The van der Waals surface area contributed by atoms with E-state index in [1.54, 1.807) is 0 Å². The van der Waals surface area contributed by atoms with Gasteiger partial charge in [-0.05, 0) is 26.7 Å². The number of carbonyl (C=O) groups is 2. The van der Waals surface area contributed by atoms with Crippen molar-refractivity contribution in [2.45, 2.75) is 245 Å². The molecule has 1 aliphatic rings. The Hall–Kier alpha value is -1.72. The van der Waals surface area contributed by atoms with Crippen molar-refractivity contribution in [1.29, 1.82) is 0 Å². The molecule has 0 aromatic rings. The molecule has 0 aromatic heterocycles. The third-order valence-electron chi connectivity index (χ3n) is 10.4. The van der Waals surface area contributed by atoms with E-state index in [4.69, 9.17) is 4.55 Å². The van der Waals surface area contributed by atoms with Gasteiger partial charge in [-0.1, -0.05) is 194 Å². The van der Waals surface area contributed by atoms with Crippen molar-refractivity contribution in [3.8, 4) is 0 Å². The number of guanidine groups is 1. The van der Waals surface area contributed by atoms with Crippen molar-refractivity contribution < 1.29 is 26.7 Å². The van der Waals surface area contributed by atoms with E-state index in [2.05, 4.69) is 40.6 Å². The summed E-state index contributed by atoms with van der Waals surface area (Å²) >= 11 is 0. The second-order valence-corrected chi connectivity index (χ2v) is 16.9. The fourth-order valence-electron chi connectivity index (χ4n) is 7.02. The highest BCUT2D eigenvalue weighted by Crippen LogP contribution is 2.16. The number of amides is 2. The van der Waals surface area contributed by atoms with Crippen molar-refractivity contribution in [3.05, 3.63) is 0 Å². The third kappa shape index (κ3) is 34.7. The van der Waals surface area contributed by atoms with Crippen LogP contribution in [0, 0.1) is 0 Å². The van der Waals surface area contributed by atoms with Crippen LogP contribution in [0.15, 0.2) is 4.99 Å². The first-order valence-electron chi connectivity index (χ1n) is 22.5. The maximum atomic E-state index is 12.7. The predicted octanol–water partition coefficient (Wildman–Crippen LogP) is 11.6. The van der Waals surface area contributed by atoms with Crippen molar-refractivity contribution >= 4 is 28.2 Å². The number of unbranched alkanes of at least 4 members (excludes halogenated alkanes) is 28. The van der Waals surface area contributed by atoms with Gasteiger partial charge in [-0.3, -0.25) is 23.6 Å². The van der Waals surface area contributed by atoms with Gasteiger partial charge in [0, 0.05) is 19.4 Å². The number of rotatable bonds is 35. The molecule has 2 amide bonds. The zero-order valence-electron chi connectivity index (χ0n) is 35.8. The second-order valence-electron chi connectivity index (χ2n) is 15.7. The summed E-state index contributed by atoms with van der Waals surface area (Å²) in [6, 6.07) is 0.112. The standard InChI is InChI=1S/C42H82N4O2.CH4O4S/c1-5-7-9-11-13-15-17-19-21-23-25-27-29-31-33-35-40(47)44-39(4)46-37-38(3)43-42(46)45-41(48)36-34-32-30-28-26-24-22-20-18-16-14-12-10-8-6-2;1-5-6(2,3)4/h38-39H,5-37H2,1-4H3,(H,44,47)(H,43,45,48);1H3,(H,2,3,4). The molecule has 1 rings (SSSR count). The van der Waals surface area contributed by atoms with E-state index in [0.29, 0.717) is 18.8 Å². The average Bonchev–Trinajstić information content (AvgIpc) is 3.50. The normalized spacial score (nSPS) is 14.7. The first-order chi connectivity index (χ1) is 26.0. The Morgan fingerprint density at radius 3 is 1.26 bits per heavy atom. The van der Waals surface area contributed by atoms with E-state index < -0.39 is 10.4 Å². The smallest absolute Gasteiger partial charge is 0.336 e. The Bertz CT molecular complexity index is 1030. The average molecular weight is 787 g/mol. The molecule has 2 atom stereocenters. The summed E-state index contributed by atoms with van der Waals surface area (Å²) in [6.07, 6.45) is 40.7. The van der Waals surface area contributed by atoms with E-state index in [9.17, 15) is 18.0 Å². The molecule has 3 N–H and O–H groups in total. The van der Waals surface area contributed by atoms with Crippen LogP contribution in [0.1, 0.15) is 233 Å². The highest BCUT2D eigenvalue weighted by Gasteiger charge is 2.28. The van der Waals surface area contributed by atoms with Crippen LogP contribution in [0.4, 0.5) is 0 Å². The summed E-state index contributed by atoms with van der Waals surface area (Å²) in [5.74, 6) is 0.757. The van der Waals surface area contributed by atoms with E-state index in [-0.39, 0.29) is 24.0 Å². The molecule has 0 aromatic carbocycles. The molecule has 0 aliphatic carbocycles. The molecule has 320 valence electrons. The molecule has 0 fully saturated rings. The van der Waals surface area contributed by atoms with Crippen molar-refractivity contribution in [2.75, 3.05) is 13.7 Å². The van der Waals surface area contributed by atoms with Crippen LogP contribution in [0.5, 0.6) is 0 Å². The molecule has 2 unspecified atom stereocenters. The summed E-state index contributed by atoms with van der Waals surface area (Å²) in [5.41, 5.74) is 0. The molecule has 11 heteroatoms. The van der Waals surface area contributed by atoms with Gasteiger partial charge in [0.05, 0.1) is 13.2 Å². The van der Waals surface area contributed by atoms with Crippen molar-refractivity contribution in [2.24, 2.45) is 4.99 Å². The van der Waals surface area contributed by atoms with Gasteiger partial charge in [0.2, 0.25) is 17.8 Å². The Labute approximate surface area is 333 Å². The Morgan fingerprint density at radius 1 is 0.648 bits per heavy atom. The minimum Gasteiger partial charge on any atom is -0.336 e. The number of carbonyl (C=O) groups excluding carboxylic acids is 2. The number of hydrogen-bond donors (Lipinski definition) is 3. The lowest BCUT2D eigenvalue weighted by molar-refractivity contribution is -0.122. The van der Waals surface area contributed by atoms with E-state index in [1.807, 2.05) is 11.8 Å². The monoisotopic (exact) mass is 787 g/mol. The van der Waals surface area contributed by atoms with Crippen LogP contribution in [-0.2, 0) is 24.2 Å². The third-order valence-corrected chi connectivity index (χ3v) is 10.8. The fraction of sp³-hybridized carbons (Fsp3) is 0.930. The highest BCUT2D eigenvalue weighted by atomic mass is 32.3. The van der Waals surface area contributed by atoms with Crippen LogP contribution >= 0.6 is 0 Å². The van der Waals surface area contributed by atoms with Gasteiger partial charge in [0.25, 0.3) is 0 Å². The lowest BCUT2D eigenvalue weighted by atomic mass is 10.0. The molecular weight excluding hydrogens is 701 g/mol. The summed E-state index contributed by atoms with van der Waals surface area (Å²) in [5, 5.41) is 6.20. The molecule has 1 heterocycles. The van der Waals surface area contributed by atoms with Crippen LogP contribution in [-0.4, -0.2) is 61.5 Å². The maximum absolute atomic E-state index is 12.7. The number of hydrogen-bond acceptors (Lipinski definition) is 7. The Morgan fingerprint density at radius 2 is 0.944 bits per heavy atom. The van der Waals surface area contributed by atoms with E-state index >= 15 is 0 Å². The summed E-state index contributed by atoms with van der Waals surface area (Å²) < 4.78 is 29.7. The summed E-state index contributed by atoms with van der Waals surface area (Å²) in [6.45, 7) is 9.34. The minimum absolute atomic E-state index is 0.0406. The molecule has 10 nitrogen and oxygen atoms in total. The first kappa shape index (κ1) is 52.3. The van der Waals surface area contributed by atoms with Gasteiger partial charge in [0.1, 0.15) is 6.17 Å². The Balaban J connectivity index is 0.00000430. The molecule has 0 spiro atoms. The molecule has 0 radical (unpaired) electrons. The van der Waals surface area contributed by atoms with Gasteiger partial charge in [-0.25, -0.2) is 4.99 Å². The van der Waals surface area contributed by atoms with Crippen molar-refractivity contribution in [3.63, 3.8) is 0 Å². The lowest BCUT2D eigenvalue weighted by Crippen LogP contribution is -2.52. The predicted molar refractivity (Wildman–Crippen MR) is 227 cm³/mol. The Kier molecular flexibility index (Phi) is 35.7. The summed E-state index contributed by atoms with van der Waals surface area (Å²) in [7, 11) is -3.29. The molecule has 1 aliphatic heterocycles. The zero-order chi connectivity index (χ0) is 40.1. The van der Waals surface area contributed by atoms with Gasteiger partial charge >= 0.3 is 10.4 Å². The fourth-order valence-corrected chi connectivity index (χ4v) is 7.02. The zero-order valence-corrected chi connectivity index (χ0v) is 36.6. The topological polar surface area (TPSA) is 137 Å². The van der Waals surface area contributed by atoms with E-state index in [0.717, 1.165) is 39.3 Å². The van der Waals surface area contributed by atoms with Gasteiger partial charge in [0.15, 0.2) is 0 Å². The van der Waals surface area contributed by atoms with Crippen molar-refractivity contribution in [1.82, 2.24) is 15.5 Å². The molecule has 54 heavy (non-hydrogen) atoms. The minimum atomic E-state index is -4.16. The van der Waals surface area contributed by atoms with E-state index in [1.165, 1.54) is 167 Å². The number of nitrogens with one attached hydrogen (secondary N) is 2. The molecule has 0 saturated carbocycles. The molecular formula is C43H86N4O6S. The first-order valence-corrected chi connectivity index (χ1v) is 23.9. The van der Waals surface area contributed by atoms with Crippen LogP contribution in [0.25, 0.3) is 0 Å². The van der Waals surface area contributed by atoms with Crippen LogP contribution < -0.4 is 10.6 Å². The number of nitrogens with zero attached hydrogens (tertiary/aromatic N) is 2. The van der Waals surface area contributed by atoms with Gasteiger partial charge in [-0.2, -0.15) is 8.42 Å². The second kappa shape index (κ2) is 36.9. The quantitative estimate of drug-likeness (QED) is 0.0429. The van der Waals surface area contributed by atoms with Crippen LogP contribution in [0.2, 0.25) is 0 Å².